The molecule has 0 fully saturated rings. The third kappa shape index (κ3) is 17.9. The number of esters is 2. The van der Waals surface area contributed by atoms with Crippen LogP contribution >= 0.6 is 11.6 Å². The first-order valence-corrected chi connectivity index (χ1v) is 13.6. The minimum atomic E-state index is -0.393. The zero-order valence-corrected chi connectivity index (χ0v) is 22.3. The Kier molecular flexibility index (Phi) is 18.7. The summed E-state index contributed by atoms with van der Waals surface area (Å²) in [6, 6.07) is 0. The van der Waals surface area contributed by atoms with Crippen molar-refractivity contribution in [3.8, 4) is 0 Å². The standard InChI is InChI=1S/C25H44ClN5O4/c1-3-5-7-9-11-13-15-17-34-21(32)19-27-24-29-23(26)30-25(31-24)28-20-22(33)35-18-16-14-12-10-8-6-4-2/h3-20H2,1-2H3,(H2,27,28,29,30,31). The Balaban J connectivity index is 2.19. The number of anilines is 2. The van der Waals surface area contributed by atoms with Crippen LogP contribution in [0.25, 0.3) is 0 Å². The van der Waals surface area contributed by atoms with Gasteiger partial charge in [0, 0.05) is 0 Å². The Bertz CT molecular complexity index is 654. The minimum absolute atomic E-state index is 0.0575. The normalized spacial score (nSPS) is 10.7. The number of unbranched alkanes of at least 4 members (excludes halogenated alkanes) is 12. The number of aromatic nitrogens is 3. The van der Waals surface area contributed by atoms with E-state index in [1.165, 1.54) is 64.2 Å². The fourth-order valence-electron chi connectivity index (χ4n) is 3.40. The fraction of sp³-hybridized carbons (Fsp3) is 0.800. The van der Waals surface area contributed by atoms with E-state index in [2.05, 4.69) is 39.4 Å². The molecule has 0 bridgehead atoms. The molecule has 0 saturated carbocycles. The maximum atomic E-state index is 11.9. The first kappa shape index (κ1) is 30.9. The van der Waals surface area contributed by atoms with E-state index in [9.17, 15) is 9.59 Å². The third-order valence-corrected chi connectivity index (χ3v) is 5.58. The van der Waals surface area contributed by atoms with E-state index in [0.717, 1.165) is 25.7 Å². The van der Waals surface area contributed by atoms with Crippen LogP contribution in [0.3, 0.4) is 0 Å². The Morgan fingerprint density at radius 2 is 1.00 bits per heavy atom. The molecular weight excluding hydrogens is 470 g/mol. The lowest BCUT2D eigenvalue weighted by molar-refractivity contribution is -0.142. The van der Waals surface area contributed by atoms with Crippen LogP contribution in [0.4, 0.5) is 11.9 Å². The van der Waals surface area contributed by atoms with E-state index in [0.29, 0.717) is 13.2 Å². The van der Waals surface area contributed by atoms with Gasteiger partial charge in [-0.3, -0.25) is 9.59 Å². The van der Waals surface area contributed by atoms with Gasteiger partial charge in [0.2, 0.25) is 17.2 Å². The van der Waals surface area contributed by atoms with Crippen LogP contribution in [0, 0.1) is 0 Å². The molecule has 0 aliphatic carbocycles. The van der Waals surface area contributed by atoms with Crippen LogP contribution in [0.1, 0.15) is 104 Å². The van der Waals surface area contributed by atoms with Crippen molar-refractivity contribution in [2.75, 3.05) is 36.9 Å². The van der Waals surface area contributed by atoms with Gasteiger partial charge in [0.15, 0.2) is 0 Å². The molecule has 0 aliphatic rings. The van der Waals surface area contributed by atoms with Crippen molar-refractivity contribution in [3.05, 3.63) is 5.28 Å². The van der Waals surface area contributed by atoms with Crippen molar-refractivity contribution in [2.45, 2.75) is 104 Å². The summed E-state index contributed by atoms with van der Waals surface area (Å²) in [4.78, 5) is 35.9. The van der Waals surface area contributed by atoms with E-state index in [-0.39, 0.29) is 30.3 Å². The van der Waals surface area contributed by atoms with Gasteiger partial charge in [-0.2, -0.15) is 15.0 Å². The van der Waals surface area contributed by atoms with Crippen LogP contribution in [0.5, 0.6) is 0 Å². The van der Waals surface area contributed by atoms with Crippen molar-refractivity contribution in [1.82, 2.24) is 15.0 Å². The number of nitrogens with one attached hydrogen (secondary N) is 2. The number of hydrogen-bond donors (Lipinski definition) is 2. The lowest BCUT2D eigenvalue weighted by Gasteiger charge is -2.09. The second-order valence-electron chi connectivity index (χ2n) is 8.64. The molecule has 1 heterocycles. The second kappa shape index (κ2) is 21.1. The smallest absolute Gasteiger partial charge is 0.325 e. The van der Waals surface area contributed by atoms with Crippen LogP contribution in [-0.2, 0) is 19.1 Å². The number of rotatable bonds is 22. The molecule has 1 rings (SSSR count). The quantitative estimate of drug-likeness (QED) is 0.143. The molecule has 0 saturated heterocycles. The molecule has 0 spiro atoms. The molecule has 1 aromatic rings. The monoisotopic (exact) mass is 513 g/mol. The molecule has 0 radical (unpaired) electrons. The summed E-state index contributed by atoms with van der Waals surface area (Å²) in [6.45, 7) is 5.03. The number of hydrogen-bond acceptors (Lipinski definition) is 9. The Hall–Kier alpha value is -2.16. The average molecular weight is 514 g/mol. The van der Waals surface area contributed by atoms with Crippen LogP contribution in [-0.4, -0.2) is 53.2 Å². The highest BCUT2D eigenvalue weighted by molar-refractivity contribution is 6.28. The molecule has 200 valence electrons. The molecule has 2 N–H and O–H groups in total. The van der Waals surface area contributed by atoms with Gasteiger partial charge in [0.25, 0.3) is 0 Å². The van der Waals surface area contributed by atoms with E-state index >= 15 is 0 Å². The lowest BCUT2D eigenvalue weighted by Crippen LogP contribution is -2.21. The van der Waals surface area contributed by atoms with Gasteiger partial charge < -0.3 is 20.1 Å². The molecule has 9 nitrogen and oxygen atoms in total. The van der Waals surface area contributed by atoms with Crippen molar-refractivity contribution in [3.63, 3.8) is 0 Å². The van der Waals surface area contributed by atoms with Crippen LogP contribution in [0.15, 0.2) is 0 Å². The predicted octanol–water partition coefficient (Wildman–Crippen LogP) is 5.94. The Morgan fingerprint density at radius 1 is 0.629 bits per heavy atom. The van der Waals surface area contributed by atoms with E-state index in [1.807, 2.05) is 0 Å². The van der Waals surface area contributed by atoms with Gasteiger partial charge >= 0.3 is 11.9 Å². The van der Waals surface area contributed by atoms with Gasteiger partial charge in [0.1, 0.15) is 13.1 Å². The summed E-state index contributed by atoms with van der Waals surface area (Å²) in [6.07, 6.45) is 16.2. The molecular formula is C25H44ClN5O4. The van der Waals surface area contributed by atoms with E-state index in [1.54, 1.807) is 0 Å². The highest BCUT2D eigenvalue weighted by Crippen LogP contribution is 2.10. The summed E-state index contributed by atoms with van der Waals surface area (Å²) >= 11 is 5.93. The van der Waals surface area contributed by atoms with Gasteiger partial charge in [-0.25, -0.2) is 0 Å². The first-order chi connectivity index (χ1) is 17.0. The van der Waals surface area contributed by atoms with Crippen molar-refractivity contribution < 1.29 is 19.1 Å². The van der Waals surface area contributed by atoms with Crippen LogP contribution < -0.4 is 10.6 Å². The zero-order chi connectivity index (χ0) is 25.6. The largest absolute Gasteiger partial charge is 0.464 e. The molecule has 0 unspecified atom stereocenters. The molecule has 1 aromatic heterocycles. The maximum absolute atomic E-state index is 11.9. The summed E-state index contributed by atoms with van der Waals surface area (Å²) in [5.41, 5.74) is 0. The minimum Gasteiger partial charge on any atom is -0.464 e. The Labute approximate surface area is 215 Å². The van der Waals surface area contributed by atoms with Crippen molar-refractivity contribution in [2.24, 2.45) is 0 Å². The number of carbonyl (C=O) groups excluding carboxylic acids is 2. The molecule has 0 atom stereocenters. The zero-order valence-electron chi connectivity index (χ0n) is 21.6. The lowest BCUT2D eigenvalue weighted by atomic mass is 10.1. The number of ether oxygens (including phenoxy) is 2. The highest BCUT2D eigenvalue weighted by Gasteiger charge is 2.10. The molecule has 0 aliphatic heterocycles. The third-order valence-electron chi connectivity index (χ3n) is 5.41. The van der Waals surface area contributed by atoms with Gasteiger partial charge in [-0.15, -0.1) is 0 Å². The second-order valence-corrected chi connectivity index (χ2v) is 8.98. The van der Waals surface area contributed by atoms with Gasteiger partial charge in [-0.05, 0) is 24.4 Å². The summed E-state index contributed by atoms with van der Waals surface area (Å²) in [5.74, 6) is -0.541. The van der Waals surface area contributed by atoms with E-state index in [4.69, 9.17) is 21.1 Å². The molecule has 10 heteroatoms. The summed E-state index contributed by atoms with van der Waals surface area (Å²) < 4.78 is 10.5. The predicted molar refractivity (Wildman–Crippen MR) is 140 cm³/mol. The Morgan fingerprint density at radius 3 is 1.40 bits per heavy atom. The van der Waals surface area contributed by atoms with Gasteiger partial charge in [-0.1, -0.05) is 90.9 Å². The van der Waals surface area contributed by atoms with E-state index < -0.39 is 11.9 Å². The van der Waals surface area contributed by atoms with Crippen molar-refractivity contribution >= 4 is 35.4 Å². The average Bonchev–Trinajstić information content (AvgIpc) is 2.84. The number of nitrogens with zero attached hydrogens (tertiary/aromatic N) is 3. The molecule has 35 heavy (non-hydrogen) atoms. The molecule has 0 amide bonds. The SMILES string of the molecule is CCCCCCCCCOC(=O)CNc1nc(Cl)nc(NCC(=O)OCCCCCCCCC)n1. The number of halogens is 1. The van der Waals surface area contributed by atoms with Gasteiger partial charge in [0.05, 0.1) is 13.2 Å². The maximum Gasteiger partial charge on any atom is 0.325 e. The molecule has 0 aromatic carbocycles. The first-order valence-electron chi connectivity index (χ1n) is 13.3. The van der Waals surface area contributed by atoms with Crippen molar-refractivity contribution in [1.29, 1.82) is 0 Å². The summed E-state index contributed by atoms with van der Waals surface area (Å²) in [7, 11) is 0. The topological polar surface area (TPSA) is 115 Å². The van der Waals surface area contributed by atoms with Crippen LogP contribution in [0.2, 0.25) is 5.28 Å². The number of carbonyl (C=O) groups is 2. The highest BCUT2D eigenvalue weighted by atomic mass is 35.5. The summed E-state index contributed by atoms with van der Waals surface area (Å²) in [5, 5.41) is 5.50. The fourth-order valence-corrected chi connectivity index (χ4v) is 3.56.